The first kappa shape index (κ1) is 13.5. The van der Waals surface area contributed by atoms with Gasteiger partial charge < -0.3 is 5.73 Å². The van der Waals surface area contributed by atoms with E-state index in [1.165, 1.54) is 7.05 Å². The third-order valence-corrected chi connectivity index (χ3v) is 3.35. The summed E-state index contributed by atoms with van der Waals surface area (Å²) in [4.78, 5) is 14.5. The number of halogens is 3. The molecule has 0 spiro atoms. The highest BCUT2D eigenvalue weighted by Gasteiger charge is 2.33. The second-order valence-corrected chi connectivity index (χ2v) is 4.59. The summed E-state index contributed by atoms with van der Waals surface area (Å²) in [5.74, 6) is 0. The summed E-state index contributed by atoms with van der Waals surface area (Å²) in [6.45, 7) is 0. The minimum absolute atomic E-state index is 0.0773. The predicted molar refractivity (Wildman–Crippen MR) is 61.6 cm³/mol. The fourth-order valence-corrected chi connectivity index (χ4v) is 2.06. The van der Waals surface area contributed by atoms with Crippen LogP contribution in [0.25, 0.3) is 0 Å². The molecule has 19 heavy (non-hydrogen) atoms. The van der Waals surface area contributed by atoms with Gasteiger partial charge >= 0.3 is 11.9 Å². The van der Waals surface area contributed by atoms with E-state index in [0.717, 1.165) is 28.6 Å². The van der Waals surface area contributed by atoms with E-state index in [1.54, 1.807) is 0 Å². The number of nitrogens with two attached hydrogens (primary N) is 1. The number of aromatic amines is 1. The second kappa shape index (κ2) is 4.61. The number of aromatic nitrogens is 4. The van der Waals surface area contributed by atoms with Gasteiger partial charge in [-0.3, -0.25) is 4.57 Å². The van der Waals surface area contributed by atoms with Gasteiger partial charge in [-0.15, -0.1) is 5.10 Å². The fraction of sp³-hybridized carbons (Fsp3) is 0.222. The lowest BCUT2D eigenvalue weighted by Gasteiger charge is -2.09. The molecule has 0 aliphatic rings. The molecule has 2 aromatic rings. The predicted octanol–water partition coefficient (Wildman–Crippen LogP) is 1.26. The molecule has 102 valence electrons. The number of H-pyrrole nitrogens is 1. The Balaban J connectivity index is 2.40. The van der Waals surface area contributed by atoms with Gasteiger partial charge in [0.05, 0.1) is 11.9 Å². The summed E-state index contributed by atoms with van der Waals surface area (Å²) in [6, 6.07) is 0.819. The number of pyridine rings is 1. The van der Waals surface area contributed by atoms with Crippen LogP contribution in [0.1, 0.15) is 5.69 Å². The van der Waals surface area contributed by atoms with E-state index < -0.39 is 17.6 Å². The minimum Gasteiger partial charge on any atom is -0.397 e. The first-order chi connectivity index (χ1) is 8.79. The van der Waals surface area contributed by atoms with Gasteiger partial charge in [-0.2, -0.15) is 13.2 Å². The molecule has 0 saturated carbocycles. The van der Waals surface area contributed by atoms with Crippen LogP contribution in [0.4, 0.5) is 18.9 Å². The van der Waals surface area contributed by atoms with Crippen molar-refractivity contribution >= 4 is 17.4 Å². The van der Waals surface area contributed by atoms with E-state index in [1.807, 2.05) is 0 Å². The van der Waals surface area contributed by atoms with E-state index in [9.17, 15) is 18.0 Å². The first-order valence-electron chi connectivity index (χ1n) is 4.91. The second-order valence-electron chi connectivity index (χ2n) is 3.58. The lowest BCUT2D eigenvalue weighted by molar-refractivity contribution is -0.141. The Hall–Kier alpha value is -1.97. The lowest BCUT2D eigenvalue weighted by Crippen LogP contribution is -2.13. The van der Waals surface area contributed by atoms with Crippen LogP contribution in [0.3, 0.4) is 0 Å². The number of anilines is 1. The van der Waals surface area contributed by atoms with Crippen molar-refractivity contribution in [1.29, 1.82) is 0 Å². The van der Waals surface area contributed by atoms with Crippen LogP contribution < -0.4 is 11.4 Å². The molecule has 2 heterocycles. The van der Waals surface area contributed by atoms with Crippen molar-refractivity contribution in [2.45, 2.75) is 16.2 Å². The first-order valence-corrected chi connectivity index (χ1v) is 5.72. The smallest absolute Gasteiger partial charge is 0.397 e. The maximum absolute atomic E-state index is 12.5. The Morgan fingerprint density at radius 1 is 1.47 bits per heavy atom. The standard InChI is InChI=1S/C9H8F3N5OS/c1-17-7(18)15-16-8(17)19-5-2-6(9(10,11)12)14-3-4(5)13/h2-3H,13H2,1H3,(H,15,18). The largest absolute Gasteiger partial charge is 0.433 e. The van der Waals surface area contributed by atoms with Gasteiger partial charge in [0, 0.05) is 11.9 Å². The molecule has 0 saturated heterocycles. The molecule has 2 rings (SSSR count). The molecular weight excluding hydrogens is 283 g/mol. The van der Waals surface area contributed by atoms with E-state index in [-0.39, 0.29) is 15.7 Å². The van der Waals surface area contributed by atoms with Crippen LogP contribution in [0.2, 0.25) is 0 Å². The summed E-state index contributed by atoms with van der Waals surface area (Å²) >= 11 is 0.848. The lowest BCUT2D eigenvalue weighted by atomic mass is 10.3. The molecular formula is C9H8F3N5OS. The normalized spacial score (nSPS) is 11.8. The SMILES string of the molecule is Cn1c(Sc2cc(C(F)(F)F)ncc2N)n[nH]c1=O. The zero-order valence-corrected chi connectivity index (χ0v) is 10.3. The van der Waals surface area contributed by atoms with E-state index in [4.69, 9.17) is 5.73 Å². The summed E-state index contributed by atoms with van der Waals surface area (Å²) in [7, 11) is 1.44. The number of hydrogen-bond donors (Lipinski definition) is 2. The van der Waals surface area contributed by atoms with Crippen LogP contribution in [0.15, 0.2) is 27.1 Å². The molecule has 0 fully saturated rings. The van der Waals surface area contributed by atoms with Gasteiger partial charge in [0.25, 0.3) is 0 Å². The molecule has 0 aliphatic heterocycles. The van der Waals surface area contributed by atoms with Crippen molar-refractivity contribution in [2.24, 2.45) is 7.05 Å². The molecule has 0 atom stereocenters. The maximum Gasteiger partial charge on any atom is 0.433 e. The average molecular weight is 291 g/mol. The Morgan fingerprint density at radius 2 is 2.16 bits per heavy atom. The minimum atomic E-state index is -4.56. The van der Waals surface area contributed by atoms with E-state index in [0.29, 0.717) is 0 Å². The monoisotopic (exact) mass is 291 g/mol. The Morgan fingerprint density at radius 3 is 2.68 bits per heavy atom. The quantitative estimate of drug-likeness (QED) is 0.869. The molecule has 0 radical (unpaired) electrons. The molecule has 0 unspecified atom stereocenters. The number of hydrogen-bond acceptors (Lipinski definition) is 5. The van der Waals surface area contributed by atoms with Gasteiger partial charge in [-0.25, -0.2) is 14.9 Å². The number of rotatable bonds is 2. The van der Waals surface area contributed by atoms with Crippen molar-refractivity contribution in [3.05, 3.63) is 28.4 Å². The Bertz CT molecular complexity index is 663. The van der Waals surface area contributed by atoms with Gasteiger partial charge in [-0.05, 0) is 17.8 Å². The van der Waals surface area contributed by atoms with Gasteiger partial charge in [0.15, 0.2) is 5.16 Å². The zero-order chi connectivity index (χ0) is 14.2. The molecule has 2 aromatic heterocycles. The summed E-state index contributed by atoms with van der Waals surface area (Å²) < 4.78 is 38.8. The Kier molecular flexibility index (Phi) is 3.27. The van der Waals surface area contributed by atoms with Gasteiger partial charge in [0.1, 0.15) is 5.69 Å². The third-order valence-electron chi connectivity index (χ3n) is 2.23. The fourth-order valence-electron chi connectivity index (χ4n) is 1.21. The number of nitrogens with one attached hydrogen (secondary N) is 1. The number of nitrogen functional groups attached to an aromatic ring is 1. The highest BCUT2D eigenvalue weighted by Crippen LogP contribution is 2.34. The maximum atomic E-state index is 12.5. The summed E-state index contributed by atoms with van der Waals surface area (Å²) in [6.07, 6.45) is -3.63. The Labute approximate surface area is 108 Å². The third kappa shape index (κ3) is 2.72. The highest BCUT2D eigenvalue weighted by molar-refractivity contribution is 7.99. The summed E-state index contributed by atoms with van der Waals surface area (Å²) in [5, 5.41) is 6.06. The average Bonchev–Trinajstić information content (AvgIpc) is 2.62. The van der Waals surface area contributed by atoms with Crippen LogP contribution in [-0.4, -0.2) is 19.7 Å². The van der Waals surface area contributed by atoms with Crippen molar-refractivity contribution in [2.75, 3.05) is 5.73 Å². The number of nitrogens with zero attached hydrogens (tertiary/aromatic N) is 3. The van der Waals surface area contributed by atoms with E-state index in [2.05, 4.69) is 15.2 Å². The molecule has 0 amide bonds. The van der Waals surface area contributed by atoms with Crippen molar-refractivity contribution in [1.82, 2.24) is 19.7 Å². The topological polar surface area (TPSA) is 89.6 Å². The zero-order valence-electron chi connectivity index (χ0n) is 9.52. The van der Waals surface area contributed by atoms with Crippen molar-refractivity contribution in [3.8, 4) is 0 Å². The molecule has 0 aliphatic carbocycles. The molecule has 6 nitrogen and oxygen atoms in total. The van der Waals surface area contributed by atoms with Crippen LogP contribution >= 0.6 is 11.8 Å². The van der Waals surface area contributed by atoms with E-state index >= 15 is 0 Å². The highest BCUT2D eigenvalue weighted by atomic mass is 32.2. The molecule has 0 bridgehead atoms. The van der Waals surface area contributed by atoms with Gasteiger partial charge in [0.2, 0.25) is 0 Å². The number of alkyl halides is 3. The molecule has 10 heteroatoms. The van der Waals surface area contributed by atoms with Crippen LogP contribution in [0.5, 0.6) is 0 Å². The summed E-state index contributed by atoms with van der Waals surface area (Å²) in [5.41, 5.74) is 4.12. The van der Waals surface area contributed by atoms with Gasteiger partial charge in [-0.1, -0.05) is 0 Å². The van der Waals surface area contributed by atoms with Crippen LogP contribution in [0, 0.1) is 0 Å². The molecule has 0 aromatic carbocycles. The molecule has 3 N–H and O–H groups in total. The van der Waals surface area contributed by atoms with Crippen molar-refractivity contribution < 1.29 is 13.2 Å². The van der Waals surface area contributed by atoms with Crippen molar-refractivity contribution in [3.63, 3.8) is 0 Å². The van der Waals surface area contributed by atoms with Crippen LogP contribution in [-0.2, 0) is 13.2 Å².